The van der Waals surface area contributed by atoms with E-state index in [0.717, 1.165) is 30.8 Å². The minimum atomic E-state index is 0.693. The van der Waals surface area contributed by atoms with E-state index in [1.54, 1.807) is 12.4 Å². The van der Waals surface area contributed by atoms with Crippen molar-refractivity contribution in [3.63, 3.8) is 0 Å². The molecule has 0 aliphatic carbocycles. The van der Waals surface area contributed by atoms with Crippen LogP contribution in [0.5, 0.6) is 0 Å². The molecule has 0 amide bonds. The third-order valence-electron chi connectivity index (χ3n) is 3.09. The number of hydrazine groups is 1. The average Bonchev–Trinajstić information content (AvgIpc) is 2.48. The summed E-state index contributed by atoms with van der Waals surface area (Å²) in [5, 5.41) is 0. The molecule has 0 aliphatic rings. The van der Waals surface area contributed by atoms with Gasteiger partial charge in [-0.1, -0.05) is 13.3 Å². The van der Waals surface area contributed by atoms with Crippen molar-refractivity contribution in [3.05, 3.63) is 42.0 Å². The van der Waals surface area contributed by atoms with Crippen LogP contribution in [-0.2, 0) is 13.0 Å². The average molecular weight is 272 g/mol. The predicted octanol–water partition coefficient (Wildman–Crippen LogP) is 1.75. The standard InChI is InChI=1S/C14H20N6/c1-3-4-12-13(19-15)17-10-18-14(12)20(2)9-11-5-7-16-8-6-11/h5-8,10H,3-4,9,15H2,1-2H3,(H,17,18,19). The molecule has 0 atom stereocenters. The van der Waals surface area contributed by atoms with Gasteiger partial charge in [0.2, 0.25) is 0 Å². The van der Waals surface area contributed by atoms with Crippen LogP contribution >= 0.6 is 0 Å². The first kappa shape index (κ1) is 14.2. The number of nitrogens with one attached hydrogen (secondary N) is 1. The molecule has 3 N–H and O–H groups in total. The molecule has 2 rings (SSSR count). The van der Waals surface area contributed by atoms with Crippen molar-refractivity contribution in [1.82, 2.24) is 15.0 Å². The smallest absolute Gasteiger partial charge is 0.148 e. The largest absolute Gasteiger partial charge is 0.355 e. The molecular formula is C14H20N6. The Morgan fingerprint density at radius 1 is 1.25 bits per heavy atom. The van der Waals surface area contributed by atoms with Gasteiger partial charge in [-0.25, -0.2) is 15.8 Å². The van der Waals surface area contributed by atoms with Crippen molar-refractivity contribution in [2.45, 2.75) is 26.3 Å². The van der Waals surface area contributed by atoms with E-state index in [4.69, 9.17) is 5.84 Å². The van der Waals surface area contributed by atoms with E-state index in [9.17, 15) is 0 Å². The maximum absolute atomic E-state index is 5.54. The lowest BCUT2D eigenvalue weighted by Gasteiger charge is -2.22. The van der Waals surface area contributed by atoms with Crippen molar-refractivity contribution in [3.8, 4) is 0 Å². The minimum absolute atomic E-state index is 0.693. The molecule has 0 spiro atoms. The van der Waals surface area contributed by atoms with Gasteiger partial charge in [-0.05, 0) is 24.1 Å². The summed E-state index contributed by atoms with van der Waals surface area (Å²) in [6.07, 6.45) is 7.02. The number of pyridine rings is 1. The van der Waals surface area contributed by atoms with E-state index in [-0.39, 0.29) is 0 Å². The lowest BCUT2D eigenvalue weighted by atomic mass is 10.1. The zero-order chi connectivity index (χ0) is 14.4. The molecule has 0 aliphatic heterocycles. The molecule has 0 saturated heterocycles. The molecule has 106 valence electrons. The summed E-state index contributed by atoms with van der Waals surface area (Å²) in [4.78, 5) is 14.7. The third kappa shape index (κ3) is 3.21. The topological polar surface area (TPSA) is 80.0 Å². The van der Waals surface area contributed by atoms with E-state index < -0.39 is 0 Å². The van der Waals surface area contributed by atoms with Gasteiger partial charge in [0.1, 0.15) is 18.0 Å². The maximum Gasteiger partial charge on any atom is 0.148 e. The second-order valence-electron chi connectivity index (χ2n) is 4.63. The van der Waals surface area contributed by atoms with Crippen molar-refractivity contribution in [2.75, 3.05) is 17.4 Å². The lowest BCUT2D eigenvalue weighted by molar-refractivity contribution is 0.842. The first-order chi connectivity index (χ1) is 9.76. The SMILES string of the molecule is CCCc1c(NN)ncnc1N(C)Cc1ccncc1. The summed E-state index contributed by atoms with van der Waals surface area (Å²) in [5.74, 6) is 7.14. The Balaban J connectivity index is 2.26. The molecule has 0 fully saturated rings. The Hall–Kier alpha value is -2.21. The summed E-state index contributed by atoms with van der Waals surface area (Å²) < 4.78 is 0. The fraction of sp³-hybridized carbons (Fsp3) is 0.357. The highest BCUT2D eigenvalue weighted by molar-refractivity contribution is 5.58. The van der Waals surface area contributed by atoms with Crippen molar-refractivity contribution in [1.29, 1.82) is 0 Å². The van der Waals surface area contributed by atoms with Crippen LogP contribution in [0.2, 0.25) is 0 Å². The lowest BCUT2D eigenvalue weighted by Crippen LogP contribution is -2.21. The summed E-state index contributed by atoms with van der Waals surface area (Å²) >= 11 is 0. The quantitative estimate of drug-likeness (QED) is 0.616. The number of nitrogens with two attached hydrogens (primary N) is 1. The van der Waals surface area contributed by atoms with Gasteiger partial charge < -0.3 is 10.3 Å². The van der Waals surface area contributed by atoms with Crippen LogP contribution in [0.25, 0.3) is 0 Å². The predicted molar refractivity (Wildman–Crippen MR) is 80.2 cm³/mol. The fourth-order valence-electron chi connectivity index (χ4n) is 2.17. The molecule has 0 saturated carbocycles. The molecular weight excluding hydrogens is 252 g/mol. The number of nitrogen functional groups attached to an aromatic ring is 1. The summed E-state index contributed by atoms with van der Waals surface area (Å²) in [5.41, 5.74) is 4.89. The molecule has 6 nitrogen and oxygen atoms in total. The number of rotatable bonds is 6. The monoisotopic (exact) mass is 272 g/mol. The zero-order valence-electron chi connectivity index (χ0n) is 11.9. The highest BCUT2D eigenvalue weighted by Crippen LogP contribution is 2.24. The molecule has 2 aromatic heterocycles. The number of hydrogen-bond acceptors (Lipinski definition) is 6. The molecule has 2 aromatic rings. The van der Waals surface area contributed by atoms with Crippen molar-refractivity contribution < 1.29 is 0 Å². The number of aromatic nitrogens is 3. The Kier molecular flexibility index (Phi) is 4.84. The van der Waals surface area contributed by atoms with Gasteiger partial charge in [0.25, 0.3) is 0 Å². The van der Waals surface area contributed by atoms with Gasteiger partial charge in [-0.3, -0.25) is 4.98 Å². The first-order valence-electron chi connectivity index (χ1n) is 6.66. The summed E-state index contributed by atoms with van der Waals surface area (Å²) in [7, 11) is 2.02. The van der Waals surface area contributed by atoms with E-state index in [1.807, 2.05) is 19.2 Å². The summed E-state index contributed by atoms with van der Waals surface area (Å²) in [6.45, 7) is 2.89. The Labute approximate surface area is 119 Å². The molecule has 0 bridgehead atoms. The normalized spacial score (nSPS) is 10.3. The number of anilines is 2. The van der Waals surface area contributed by atoms with E-state index >= 15 is 0 Å². The minimum Gasteiger partial charge on any atom is -0.355 e. The van der Waals surface area contributed by atoms with Gasteiger partial charge in [-0.15, -0.1) is 0 Å². The second kappa shape index (κ2) is 6.81. The number of nitrogens with zero attached hydrogens (tertiary/aromatic N) is 4. The van der Waals surface area contributed by atoms with Crippen LogP contribution < -0.4 is 16.2 Å². The summed E-state index contributed by atoms with van der Waals surface area (Å²) in [6, 6.07) is 4.00. The maximum atomic E-state index is 5.54. The molecule has 0 aromatic carbocycles. The molecule has 0 radical (unpaired) electrons. The van der Waals surface area contributed by atoms with E-state index in [0.29, 0.717) is 5.82 Å². The van der Waals surface area contributed by atoms with Gasteiger partial charge in [0.15, 0.2) is 0 Å². The Bertz CT molecular complexity index is 543. The zero-order valence-corrected chi connectivity index (χ0v) is 11.9. The van der Waals surface area contributed by atoms with Crippen molar-refractivity contribution in [2.24, 2.45) is 5.84 Å². The highest BCUT2D eigenvalue weighted by Gasteiger charge is 2.13. The third-order valence-corrected chi connectivity index (χ3v) is 3.09. The van der Waals surface area contributed by atoms with E-state index in [1.165, 1.54) is 11.9 Å². The van der Waals surface area contributed by atoms with Gasteiger partial charge in [0.05, 0.1) is 0 Å². The van der Waals surface area contributed by atoms with Gasteiger partial charge in [-0.2, -0.15) is 0 Å². The van der Waals surface area contributed by atoms with Crippen molar-refractivity contribution >= 4 is 11.6 Å². The van der Waals surface area contributed by atoms with Crippen LogP contribution in [0.15, 0.2) is 30.9 Å². The first-order valence-corrected chi connectivity index (χ1v) is 6.66. The van der Waals surface area contributed by atoms with Crippen LogP contribution in [0, 0.1) is 0 Å². The van der Waals surface area contributed by atoms with Crippen LogP contribution in [0.4, 0.5) is 11.6 Å². The number of hydrogen-bond donors (Lipinski definition) is 2. The van der Waals surface area contributed by atoms with Crippen LogP contribution in [0.1, 0.15) is 24.5 Å². The fourth-order valence-corrected chi connectivity index (χ4v) is 2.17. The second-order valence-corrected chi connectivity index (χ2v) is 4.63. The Morgan fingerprint density at radius 2 is 2.00 bits per heavy atom. The molecule has 2 heterocycles. The van der Waals surface area contributed by atoms with Crippen LogP contribution in [0.3, 0.4) is 0 Å². The highest BCUT2D eigenvalue weighted by atomic mass is 15.3. The van der Waals surface area contributed by atoms with Crippen LogP contribution in [-0.4, -0.2) is 22.0 Å². The molecule has 0 unspecified atom stereocenters. The van der Waals surface area contributed by atoms with Gasteiger partial charge >= 0.3 is 0 Å². The van der Waals surface area contributed by atoms with E-state index in [2.05, 4.69) is 32.2 Å². The van der Waals surface area contributed by atoms with Gasteiger partial charge in [0, 0.05) is 31.5 Å². The molecule has 20 heavy (non-hydrogen) atoms. The molecule has 6 heteroatoms. The Morgan fingerprint density at radius 3 is 2.65 bits per heavy atom.